The van der Waals surface area contributed by atoms with E-state index in [-0.39, 0.29) is 12.6 Å². The lowest BCUT2D eigenvalue weighted by atomic mass is 10.5. The van der Waals surface area contributed by atoms with E-state index in [4.69, 9.17) is 28.4 Å². The number of rotatable bonds is 8. The average molecular weight is 272 g/mol. The fourth-order valence-corrected chi connectivity index (χ4v) is 1.67. The zero-order valence-electron chi connectivity index (χ0n) is 11.0. The summed E-state index contributed by atoms with van der Waals surface area (Å²) in [5.41, 5.74) is 0. The highest BCUT2D eigenvalue weighted by Crippen LogP contribution is 2.13. The van der Waals surface area contributed by atoms with E-state index in [9.17, 15) is 0 Å². The molecule has 2 unspecified atom stereocenters. The second-order valence-electron chi connectivity index (χ2n) is 4.30. The topological polar surface area (TPSA) is 55.4 Å². The summed E-state index contributed by atoms with van der Waals surface area (Å²) in [6.07, 6.45) is 0.154. The van der Waals surface area contributed by atoms with Crippen molar-refractivity contribution in [3.63, 3.8) is 0 Å². The molecule has 19 heavy (non-hydrogen) atoms. The van der Waals surface area contributed by atoms with Crippen LogP contribution in [0.2, 0.25) is 0 Å². The zero-order valence-corrected chi connectivity index (χ0v) is 11.0. The lowest BCUT2D eigenvalue weighted by Crippen LogP contribution is -2.18. The van der Waals surface area contributed by atoms with Gasteiger partial charge in [0.05, 0.1) is 0 Å². The Morgan fingerprint density at radius 2 is 1.37 bits per heavy atom. The first-order valence-electron chi connectivity index (χ1n) is 6.31. The molecular weight excluding hydrogens is 252 g/mol. The first-order chi connectivity index (χ1) is 9.24. The Morgan fingerprint density at radius 1 is 0.895 bits per heavy atom. The molecule has 2 heterocycles. The van der Waals surface area contributed by atoms with E-state index in [0.717, 1.165) is 6.42 Å². The Labute approximate surface area is 112 Å². The van der Waals surface area contributed by atoms with Gasteiger partial charge < -0.3 is 28.4 Å². The van der Waals surface area contributed by atoms with Gasteiger partial charge in [0.2, 0.25) is 12.6 Å². The van der Waals surface area contributed by atoms with E-state index in [2.05, 4.69) is 13.2 Å². The van der Waals surface area contributed by atoms with Gasteiger partial charge in [-0.3, -0.25) is 0 Å². The second kappa shape index (κ2) is 7.49. The van der Waals surface area contributed by atoms with E-state index in [1.165, 1.54) is 0 Å². The van der Waals surface area contributed by atoms with Gasteiger partial charge in [0.25, 0.3) is 0 Å². The Kier molecular flexibility index (Phi) is 5.65. The summed E-state index contributed by atoms with van der Waals surface area (Å²) >= 11 is 0. The van der Waals surface area contributed by atoms with Crippen molar-refractivity contribution in [3.8, 4) is 0 Å². The summed E-state index contributed by atoms with van der Waals surface area (Å²) in [5.74, 6) is 1.30. The highest BCUT2D eigenvalue weighted by atomic mass is 16.7. The summed E-state index contributed by atoms with van der Waals surface area (Å²) in [5, 5.41) is 0. The fraction of sp³-hybridized carbons (Fsp3) is 0.692. The molecule has 0 spiro atoms. The van der Waals surface area contributed by atoms with Crippen molar-refractivity contribution >= 4 is 0 Å². The van der Waals surface area contributed by atoms with Crippen LogP contribution >= 0.6 is 0 Å². The van der Waals surface area contributed by atoms with Crippen LogP contribution in [0.25, 0.3) is 0 Å². The van der Waals surface area contributed by atoms with E-state index in [0.29, 0.717) is 51.2 Å². The van der Waals surface area contributed by atoms with E-state index < -0.39 is 0 Å². The third-order valence-electron chi connectivity index (χ3n) is 2.54. The van der Waals surface area contributed by atoms with Gasteiger partial charge in [-0.1, -0.05) is 13.2 Å². The highest BCUT2D eigenvalue weighted by molar-refractivity contribution is 4.87. The summed E-state index contributed by atoms with van der Waals surface area (Å²) in [6.45, 7) is 10.2. The lowest BCUT2D eigenvalue weighted by Gasteiger charge is -2.11. The SMILES string of the molecule is C=C1COC(COCCCOCC2OCC(=C)O2)O1. The van der Waals surface area contributed by atoms with Gasteiger partial charge in [-0.25, -0.2) is 0 Å². The van der Waals surface area contributed by atoms with Gasteiger partial charge >= 0.3 is 0 Å². The molecule has 0 amide bonds. The van der Waals surface area contributed by atoms with Gasteiger partial charge in [-0.15, -0.1) is 0 Å². The first-order valence-corrected chi connectivity index (χ1v) is 6.31. The predicted octanol–water partition coefficient (Wildman–Crippen LogP) is 1.18. The molecule has 108 valence electrons. The van der Waals surface area contributed by atoms with Crippen LogP contribution in [0, 0.1) is 0 Å². The molecule has 2 atom stereocenters. The molecule has 2 rings (SSSR count). The summed E-state index contributed by atoms with van der Waals surface area (Å²) in [7, 11) is 0. The van der Waals surface area contributed by atoms with Crippen LogP contribution in [0.15, 0.2) is 24.7 Å². The molecule has 2 fully saturated rings. The maximum Gasteiger partial charge on any atom is 0.223 e. The van der Waals surface area contributed by atoms with Crippen molar-refractivity contribution < 1.29 is 28.4 Å². The molecule has 0 N–H and O–H groups in total. The molecule has 0 aromatic rings. The van der Waals surface area contributed by atoms with E-state index in [1.54, 1.807) is 0 Å². The molecule has 0 radical (unpaired) electrons. The van der Waals surface area contributed by atoms with Gasteiger partial charge in [0.15, 0.2) is 0 Å². The van der Waals surface area contributed by atoms with Gasteiger partial charge in [0, 0.05) is 13.2 Å². The number of ether oxygens (including phenoxy) is 6. The summed E-state index contributed by atoms with van der Waals surface area (Å²) in [6, 6.07) is 0. The monoisotopic (exact) mass is 272 g/mol. The van der Waals surface area contributed by atoms with Crippen LogP contribution in [0.5, 0.6) is 0 Å². The van der Waals surface area contributed by atoms with Crippen molar-refractivity contribution in [1.29, 1.82) is 0 Å². The molecule has 6 heteroatoms. The number of hydrogen-bond acceptors (Lipinski definition) is 6. The van der Waals surface area contributed by atoms with Crippen molar-refractivity contribution in [2.24, 2.45) is 0 Å². The Bertz CT molecular complexity index is 286. The maximum atomic E-state index is 5.41. The first kappa shape index (κ1) is 14.3. The zero-order chi connectivity index (χ0) is 13.5. The molecule has 0 saturated carbocycles. The highest BCUT2D eigenvalue weighted by Gasteiger charge is 2.20. The largest absolute Gasteiger partial charge is 0.465 e. The summed E-state index contributed by atoms with van der Waals surface area (Å²) in [4.78, 5) is 0. The van der Waals surface area contributed by atoms with Crippen LogP contribution in [-0.2, 0) is 28.4 Å². The minimum atomic E-state index is -0.320. The molecule has 0 aromatic carbocycles. The molecular formula is C13H20O6. The van der Waals surface area contributed by atoms with Gasteiger partial charge in [-0.05, 0) is 6.42 Å². The van der Waals surface area contributed by atoms with E-state index >= 15 is 0 Å². The Balaban J connectivity index is 1.38. The average Bonchev–Trinajstić information content (AvgIpc) is 2.97. The third-order valence-corrected chi connectivity index (χ3v) is 2.54. The van der Waals surface area contributed by atoms with Crippen LogP contribution in [0.4, 0.5) is 0 Å². The fourth-order valence-electron chi connectivity index (χ4n) is 1.67. The quantitative estimate of drug-likeness (QED) is 0.619. The summed E-state index contributed by atoms with van der Waals surface area (Å²) < 4.78 is 31.8. The molecule has 0 aromatic heterocycles. The van der Waals surface area contributed by atoms with Crippen molar-refractivity contribution in [2.75, 3.05) is 39.6 Å². The third kappa shape index (κ3) is 5.20. The molecule has 0 aliphatic carbocycles. The smallest absolute Gasteiger partial charge is 0.223 e. The van der Waals surface area contributed by atoms with Crippen LogP contribution in [0.3, 0.4) is 0 Å². The number of hydrogen-bond donors (Lipinski definition) is 0. The second-order valence-corrected chi connectivity index (χ2v) is 4.30. The maximum absolute atomic E-state index is 5.41. The van der Waals surface area contributed by atoms with Crippen molar-refractivity contribution in [1.82, 2.24) is 0 Å². The standard InChI is InChI=1S/C13H20O6/c1-10-6-16-12(18-10)8-14-4-3-5-15-9-13-17-7-11(2)19-13/h12-13H,1-9H2. The van der Waals surface area contributed by atoms with Crippen LogP contribution in [0.1, 0.15) is 6.42 Å². The Hall–Kier alpha value is -1.08. The predicted molar refractivity (Wildman–Crippen MR) is 66.2 cm³/mol. The molecule has 6 nitrogen and oxygen atoms in total. The van der Waals surface area contributed by atoms with E-state index in [1.807, 2.05) is 0 Å². The minimum absolute atomic E-state index is 0.320. The lowest BCUT2D eigenvalue weighted by molar-refractivity contribution is -0.0975. The molecule has 2 aliphatic heterocycles. The van der Waals surface area contributed by atoms with Crippen molar-refractivity contribution in [2.45, 2.75) is 19.0 Å². The Morgan fingerprint density at radius 3 is 1.74 bits per heavy atom. The van der Waals surface area contributed by atoms with Gasteiger partial charge in [-0.2, -0.15) is 0 Å². The van der Waals surface area contributed by atoms with Crippen molar-refractivity contribution in [3.05, 3.63) is 24.7 Å². The van der Waals surface area contributed by atoms with Gasteiger partial charge in [0.1, 0.15) is 37.9 Å². The van der Waals surface area contributed by atoms with Crippen LogP contribution < -0.4 is 0 Å². The minimum Gasteiger partial charge on any atom is -0.465 e. The molecule has 0 bridgehead atoms. The molecule has 2 saturated heterocycles. The normalized spacial score (nSPS) is 26.5. The van der Waals surface area contributed by atoms with Crippen LogP contribution in [-0.4, -0.2) is 52.2 Å². The molecule has 2 aliphatic rings.